The van der Waals surface area contributed by atoms with E-state index in [-0.39, 0.29) is 11.8 Å². The van der Waals surface area contributed by atoms with Gasteiger partial charge in [-0.3, -0.25) is 4.79 Å². The van der Waals surface area contributed by atoms with Crippen LogP contribution in [0.4, 0.5) is 10.8 Å². The van der Waals surface area contributed by atoms with Gasteiger partial charge in [0.05, 0.1) is 31.0 Å². The standard InChI is InChI=1S/C24H26N4O5S2/c1-16(15-32-3)33-21-11-7-19(8-12-21)14-28(20-9-5-18(13-25)6-10-20)24-26-22(17(2)34-24)23(29)27-35(4,30)31/h5-12,16H,14-15H2,1-4H3,(H,27,29)/t16-/m1/s1. The predicted molar refractivity (Wildman–Crippen MR) is 135 cm³/mol. The molecule has 1 N–H and O–H groups in total. The molecule has 11 heteroatoms. The summed E-state index contributed by atoms with van der Waals surface area (Å²) in [6.45, 7) is 4.53. The summed E-state index contributed by atoms with van der Waals surface area (Å²) < 4.78 is 35.9. The van der Waals surface area contributed by atoms with E-state index < -0.39 is 15.9 Å². The topological polar surface area (TPSA) is 122 Å². The summed E-state index contributed by atoms with van der Waals surface area (Å²) in [5.41, 5.74) is 2.28. The number of hydrogen-bond donors (Lipinski definition) is 1. The minimum Gasteiger partial charge on any atom is -0.488 e. The van der Waals surface area contributed by atoms with Crippen molar-refractivity contribution < 1.29 is 22.7 Å². The molecule has 1 amide bonds. The van der Waals surface area contributed by atoms with E-state index >= 15 is 0 Å². The van der Waals surface area contributed by atoms with Gasteiger partial charge < -0.3 is 14.4 Å². The van der Waals surface area contributed by atoms with E-state index in [1.807, 2.05) is 40.8 Å². The first kappa shape index (κ1) is 26.2. The smallest absolute Gasteiger partial charge is 0.284 e. The van der Waals surface area contributed by atoms with Gasteiger partial charge in [0.2, 0.25) is 10.0 Å². The molecule has 0 fully saturated rings. The molecule has 0 saturated carbocycles. The fourth-order valence-corrected chi connectivity index (χ4v) is 4.63. The van der Waals surface area contributed by atoms with Gasteiger partial charge in [-0.05, 0) is 55.8 Å². The summed E-state index contributed by atoms with van der Waals surface area (Å²) in [6.07, 6.45) is 0.829. The van der Waals surface area contributed by atoms with Gasteiger partial charge in [-0.25, -0.2) is 18.1 Å². The third kappa shape index (κ3) is 7.26. The quantitative estimate of drug-likeness (QED) is 0.434. The van der Waals surface area contributed by atoms with Crippen molar-refractivity contribution in [1.29, 1.82) is 5.26 Å². The molecule has 0 radical (unpaired) electrons. The van der Waals surface area contributed by atoms with E-state index in [9.17, 15) is 13.2 Å². The number of ether oxygens (including phenoxy) is 2. The van der Waals surface area contributed by atoms with Crippen molar-refractivity contribution >= 4 is 38.1 Å². The van der Waals surface area contributed by atoms with Crippen LogP contribution in [0.1, 0.15) is 33.4 Å². The Bertz CT molecular complexity index is 1310. The molecule has 35 heavy (non-hydrogen) atoms. The van der Waals surface area contributed by atoms with Crippen molar-refractivity contribution in [3.05, 3.63) is 70.2 Å². The summed E-state index contributed by atoms with van der Waals surface area (Å²) in [6, 6.07) is 16.7. The molecule has 0 saturated heterocycles. The SMILES string of the molecule is COC[C@@H](C)Oc1ccc(CN(c2ccc(C#N)cc2)c2nc(C(=O)NS(C)(=O)=O)c(C)s2)cc1. The minimum atomic E-state index is -3.72. The number of benzene rings is 2. The molecule has 0 aliphatic rings. The lowest BCUT2D eigenvalue weighted by Gasteiger charge is -2.22. The zero-order chi connectivity index (χ0) is 25.6. The zero-order valence-electron chi connectivity index (χ0n) is 19.8. The molecule has 1 aromatic heterocycles. The highest BCUT2D eigenvalue weighted by molar-refractivity contribution is 7.89. The first-order valence-corrected chi connectivity index (χ1v) is 13.3. The number of rotatable bonds is 10. The molecule has 0 unspecified atom stereocenters. The molecule has 1 heterocycles. The molecule has 0 aliphatic carbocycles. The van der Waals surface area contributed by atoms with Gasteiger partial charge in [-0.1, -0.05) is 12.1 Å². The summed E-state index contributed by atoms with van der Waals surface area (Å²) in [5, 5.41) is 9.66. The van der Waals surface area contributed by atoms with E-state index in [2.05, 4.69) is 11.1 Å². The molecule has 9 nitrogen and oxygen atoms in total. The molecular weight excluding hydrogens is 488 g/mol. The molecule has 2 aromatic carbocycles. The van der Waals surface area contributed by atoms with Crippen LogP contribution < -0.4 is 14.4 Å². The highest BCUT2D eigenvalue weighted by Crippen LogP contribution is 2.33. The Morgan fingerprint density at radius 3 is 2.43 bits per heavy atom. The van der Waals surface area contributed by atoms with E-state index in [0.29, 0.717) is 34.5 Å². The fraction of sp³-hybridized carbons (Fsp3) is 0.292. The van der Waals surface area contributed by atoms with E-state index in [0.717, 1.165) is 17.5 Å². The number of methoxy groups -OCH3 is 1. The summed E-state index contributed by atoms with van der Waals surface area (Å²) in [4.78, 5) is 19.4. The Kier molecular flexibility index (Phi) is 8.45. The van der Waals surface area contributed by atoms with Gasteiger partial charge in [-0.15, -0.1) is 11.3 Å². The lowest BCUT2D eigenvalue weighted by molar-refractivity contribution is 0.0921. The average molecular weight is 515 g/mol. The second-order valence-corrected chi connectivity index (χ2v) is 10.8. The average Bonchev–Trinajstić information content (AvgIpc) is 3.19. The molecule has 1 atom stereocenters. The van der Waals surface area contributed by atoms with Gasteiger partial charge in [0.15, 0.2) is 5.13 Å². The van der Waals surface area contributed by atoms with Crippen LogP contribution in [0.25, 0.3) is 0 Å². The predicted octanol–water partition coefficient (Wildman–Crippen LogP) is 3.76. The number of anilines is 2. The summed E-state index contributed by atoms with van der Waals surface area (Å²) in [5.74, 6) is -0.0630. The number of nitriles is 1. The number of carbonyl (C=O) groups is 1. The number of aromatic nitrogens is 1. The van der Waals surface area contributed by atoms with Gasteiger partial charge in [0.25, 0.3) is 5.91 Å². The second-order valence-electron chi connectivity index (χ2n) is 7.88. The van der Waals surface area contributed by atoms with Gasteiger partial charge in [0.1, 0.15) is 17.5 Å². The van der Waals surface area contributed by atoms with Crippen LogP contribution in [-0.2, 0) is 21.3 Å². The Labute approximate surface area is 209 Å². The number of hydrogen-bond acceptors (Lipinski definition) is 9. The van der Waals surface area contributed by atoms with Crippen molar-refractivity contribution in [2.75, 3.05) is 24.9 Å². The monoisotopic (exact) mass is 514 g/mol. The van der Waals surface area contributed by atoms with Crippen LogP contribution >= 0.6 is 11.3 Å². The van der Waals surface area contributed by atoms with Crippen LogP contribution in [-0.4, -0.2) is 45.4 Å². The van der Waals surface area contributed by atoms with Crippen molar-refractivity contribution in [1.82, 2.24) is 9.71 Å². The van der Waals surface area contributed by atoms with Crippen molar-refractivity contribution in [3.8, 4) is 11.8 Å². The van der Waals surface area contributed by atoms with E-state index in [1.165, 1.54) is 11.3 Å². The fourth-order valence-electron chi connectivity index (χ4n) is 3.27. The van der Waals surface area contributed by atoms with Crippen molar-refractivity contribution in [3.63, 3.8) is 0 Å². The van der Waals surface area contributed by atoms with Crippen molar-refractivity contribution in [2.24, 2.45) is 0 Å². The Morgan fingerprint density at radius 1 is 1.20 bits per heavy atom. The zero-order valence-corrected chi connectivity index (χ0v) is 21.4. The van der Waals surface area contributed by atoms with E-state index in [1.54, 1.807) is 38.3 Å². The largest absolute Gasteiger partial charge is 0.488 e. The van der Waals surface area contributed by atoms with Crippen LogP contribution in [0.15, 0.2) is 48.5 Å². The number of thiazole rings is 1. The molecule has 0 bridgehead atoms. The number of carbonyl (C=O) groups excluding carboxylic acids is 1. The Balaban J connectivity index is 1.92. The Hall–Kier alpha value is -3.46. The number of nitrogens with one attached hydrogen (secondary N) is 1. The molecule has 0 aliphatic heterocycles. The van der Waals surface area contributed by atoms with Gasteiger partial charge in [0, 0.05) is 17.7 Å². The second kappa shape index (κ2) is 11.3. The molecule has 0 spiro atoms. The van der Waals surface area contributed by atoms with E-state index in [4.69, 9.17) is 14.7 Å². The minimum absolute atomic E-state index is 0.0462. The third-order valence-electron chi connectivity index (χ3n) is 4.82. The van der Waals surface area contributed by atoms with Gasteiger partial charge in [-0.2, -0.15) is 5.26 Å². The lowest BCUT2D eigenvalue weighted by atomic mass is 10.1. The molecule has 184 valence electrons. The number of sulfonamides is 1. The Morgan fingerprint density at radius 2 is 1.86 bits per heavy atom. The number of amides is 1. The highest BCUT2D eigenvalue weighted by atomic mass is 32.2. The van der Waals surface area contributed by atoms with Crippen LogP contribution in [0.2, 0.25) is 0 Å². The maximum Gasteiger partial charge on any atom is 0.284 e. The van der Waals surface area contributed by atoms with Crippen LogP contribution in [0.5, 0.6) is 5.75 Å². The first-order valence-electron chi connectivity index (χ1n) is 10.6. The lowest BCUT2D eigenvalue weighted by Crippen LogP contribution is -2.30. The summed E-state index contributed by atoms with van der Waals surface area (Å²) in [7, 11) is -2.10. The summed E-state index contributed by atoms with van der Waals surface area (Å²) >= 11 is 1.27. The van der Waals surface area contributed by atoms with Crippen molar-refractivity contribution in [2.45, 2.75) is 26.5 Å². The maximum atomic E-state index is 12.4. The molecular formula is C24H26N4O5S2. The van der Waals surface area contributed by atoms with Gasteiger partial charge >= 0.3 is 0 Å². The third-order valence-corrected chi connectivity index (χ3v) is 6.37. The molecule has 3 rings (SSSR count). The molecule has 3 aromatic rings. The highest BCUT2D eigenvalue weighted by Gasteiger charge is 2.22. The number of nitrogens with zero attached hydrogens (tertiary/aromatic N) is 3. The first-order chi connectivity index (χ1) is 16.6. The van der Waals surface area contributed by atoms with Crippen LogP contribution in [0.3, 0.4) is 0 Å². The van der Waals surface area contributed by atoms with Crippen LogP contribution in [0, 0.1) is 18.3 Å². The maximum absolute atomic E-state index is 12.4. The number of aryl methyl sites for hydroxylation is 1. The normalized spacial score (nSPS) is 12.0.